The van der Waals surface area contributed by atoms with Crippen molar-refractivity contribution in [3.63, 3.8) is 0 Å². The monoisotopic (exact) mass is 367 g/mol. The van der Waals surface area contributed by atoms with Crippen LogP contribution in [0.15, 0.2) is 23.1 Å². The van der Waals surface area contributed by atoms with E-state index >= 15 is 0 Å². The van der Waals surface area contributed by atoms with Crippen molar-refractivity contribution >= 4 is 15.7 Å². The Morgan fingerprint density at radius 1 is 0.958 bits per heavy atom. The molecule has 24 heavy (non-hydrogen) atoms. The van der Waals surface area contributed by atoms with Gasteiger partial charge in [-0.2, -0.15) is 0 Å². The van der Waals surface area contributed by atoms with Crippen molar-refractivity contribution in [2.24, 2.45) is 0 Å². The Morgan fingerprint density at radius 2 is 1.54 bits per heavy atom. The lowest BCUT2D eigenvalue weighted by Gasteiger charge is -2.13. The van der Waals surface area contributed by atoms with Gasteiger partial charge in [0.15, 0.2) is 34.8 Å². The van der Waals surface area contributed by atoms with E-state index in [1.165, 1.54) is 7.11 Å². The summed E-state index contributed by atoms with van der Waals surface area (Å²) in [5, 5.41) is 0. The third-order valence-electron chi connectivity index (χ3n) is 3.12. The SMILES string of the molecule is COc1ccc(NS(=O)(=O)c2c(C)c(F)c(F)c(F)c2F)cc1F. The summed E-state index contributed by atoms with van der Waals surface area (Å²) < 4.78 is 98.0. The number of hydrogen-bond acceptors (Lipinski definition) is 3. The van der Waals surface area contributed by atoms with Crippen LogP contribution in [-0.2, 0) is 10.0 Å². The van der Waals surface area contributed by atoms with Gasteiger partial charge in [-0.05, 0) is 19.1 Å². The number of hydrogen-bond donors (Lipinski definition) is 1. The number of ether oxygens (including phenoxy) is 1. The summed E-state index contributed by atoms with van der Waals surface area (Å²) in [5.41, 5.74) is -1.30. The van der Waals surface area contributed by atoms with Crippen molar-refractivity contribution in [3.8, 4) is 5.75 Å². The molecule has 2 rings (SSSR count). The van der Waals surface area contributed by atoms with Gasteiger partial charge in [0.1, 0.15) is 4.90 Å². The Labute approximate surface area is 133 Å². The highest BCUT2D eigenvalue weighted by Crippen LogP contribution is 2.29. The second-order valence-corrected chi connectivity index (χ2v) is 6.28. The number of nitrogens with one attached hydrogen (secondary N) is 1. The molecule has 130 valence electrons. The number of sulfonamides is 1. The van der Waals surface area contributed by atoms with Crippen molar-refractivity contribution in [1.29, 1.82) is 0 Å². The van der Waals surface area contributed by atoms with Gasteiger partial charge >= 0.3 is 0 Å². The molecule has 0 heterocycles. The predicted octanol–water partition coefficient (Wildman–Crippen LogP) is 3.50. The molecule has 2 aromatic rings. The maximum Gasteiger partial charge on any atom is 0.265 e. The highest BCUT2D eigenvalue weighted by Gasteiger charge is 2.31. The minimum atomic E-state index is -4.85. The molecule has 0 unspecified atom stereocenters. The van der Waals surface area contributed by atoms with Crippen LogP contribution in [0.4, 0.5) is 27.6 Å². The van der Waals surface area contributed by atoms with E-state index in [0.29, 0.717) is 0 Å². The number of benzene rings is 2. The van der Waals surface area contributed by atoms with Gasteiger partial charge in [0.2, 0.25) is 0 Å². The zero-order chi connectivity index (χ0) is 18.2. The van der Waals surface area contributed by atoms with Crippen LogP contribution in [0.3, 0.4) is 0 Å². The molecule has 0 atom stereocenters. The Kier molecular flexibility index (Phi) is 4.70. The Hall–Kier alpha value is -2.36. The van der Waals surface area contributed by atoms with Gasteiger partial charge < -0.3 is 4.74 Å². The van der Waals surface area contributed by atoms with E-state index in [2.05, 4.69) is 4.74 Å². The largest absolute Gasteiger partial charge is 0.494 e. The van der Waals surface area contributed by atoms with Gasteiger partial charge in [-0.3, -0.25) is 4.72 Å². The minimum absolute atomic E-state index is 0.181. The first-order chi connectivity index (χ1) is 11.1. The molecule has 0 bridgehead atoms. The smallest absolute Gasteiger partial charge is 0.265 e. The van der Waals surface area contributed by atoms with E-state index in [-0.39, 0.29) is 11.4 Å². The number of halogens is 5. The van der Waals surface area contributed by atoms with Gasteiger partial charge in [0, 0.05) is 11.6 Å². The molecule has 0 amide bonds. The first-order valence-electron chi connectivity index (χ1n) is 6.29. The Bertz CT molecular complexity index is 886. The average Bonchev–Trinajstić information content (AvgIpc) is 2.50. The molecule has 0 fully saturated rings. The number of anilines is 1. The van der Waals surface area contributed by atoms with Crippen LogP contribution in [0.5, 0.6) is 5.75 Å². The molecule has 0 aromatic heterocycles. The topological polar surface area (TPSA) is 55.4 Å². The summed E-state index contributed by atoms with van der Waals surface area (Å²) >= 11 is 0. The van der Waals surface area contributed by atoms with Crippen LogP contribution in [0.1, 0.15) is 5.56 Å². The lowest BCUT2D eigenvalue weighted by molar-refractivity contribution is 0.386. The van der Waals surface area contributed by atoms with Crippen LogP contribution in [0.2, 0.25) is 0 Å². The molecule has 0 radical (unpaired) electrons. The van der Waals surface area contributed by atoms with E-state index < -0.39 is 49.6 Å². The summed E-state index contributed by atoms with van der Waals surface area (Å²) in [6.07, 6.45) is 0. The highest BCUT2D eigenvalue weighted by molar-refractivity contribution is 7.92. The minimum Gasteiger partial charge on any atom is -0.494 e. The van der Waals surface area contributed by atoms with Crippen LogP contribution in [-0.4, -0.2) is 15.5 Å². The van der Waals surface area contributed by atoms with Crippen LogP contribution >= 0.6 is 0 Å². The zero-order valence-electron chi connectivity index (χ0n) is 12.3. The Balaban J connectivity index is 2.55. The van der Waals surface area contributed by atoms with Gasteiger partial charge in [0.25, 0.3) is 10.0 Å². The average molecular weight is 367 g/mol. The second-order valence-electron chi connectivity index (χ2n) is 4.66. The van der Waals surface area contributed by atoms with Crippen LogP contribution < -0.4 is 9.46 Å². The highest BCUT2D eigenvalue weighted by atomic mass is 32.2. The van der Waals surface area contributed by atoms with Crippen LogP contribution in [0, 0.1) is 36.0 Å². The number of methoxy groups -OCH3 is 1. The summed E-state index contributed by atoms with van der Waals surface area (Å²) in [7, 11) is -3.67. The maximum absolute atomic E-state index is 13.8. The van der Waals surface area contributed by atoms with Crippen molar-refractivity contribution in [2.75, 3.05) is 11.8 Å². The lowest BCUT2D eigenvalue weighted by atomic mass is 10.2. The quantitative estimate of drug-likeness (QED) is 0.511. The van der Waals surface area contributed by atoms with E-state index in [4.69, 9.17) is 0 Å². The summed E-state index contributed by atoms with van der Waals surface area (Å²) in [6.45, 7) is 0.768. The van der Waals surface area contributed by atoms with Crippen molar-refractivity contribution < 1.29 is 35.1 Å². The van der Waals surface area contributed by atoms with E-state index in [0.717, 1.165) is 25.1 Å². The summed E-state index contributed by atoms with van der Waals surface area (Å²) in [6, 6.07) is 2.89. The molecular formula is C14H10F5NO3S. The third-order valence-corrected chi connectivity index (χ3v) is 4.65. The summed E-state index contributed by atoms with van der Waals surface area (Å²) in [4.78, 5) is -1.41. The number of rotatable bonds is 4. The molecule has 10 heteroatoms. The molecule has 0 aliphatic carbocycles. The molecule has 2 aromatic carbocycles. The predicted molar refractivity (Wildman–Crippen MR) is 74.8 cm³/mol. The second kappa shape index (κ2) is 6.27. The van der Waals surface area contributed by atoms with E-state index in [1.54, 1.807) is 4.72 Å². The summed E-state index contributed by atoms with van der Waals surface area (Å²) in [5.74, 6) is -9.41. The molecular weight excluding hydrogens is 357 g/mol. The third kappa shape index (κ3) is 3.01. The normalized spacial score (nSPS) is 11.5. The van der Waals surface area contributed by atoms with E-state index in [9.17, 15) is 30.4 Å². The van der Waals surface area contributed by atoms with Crippen molar-refractivity contribution in [1.82, 2.24) is 0 Å². The molecule has 1 N–H and O–H groups in total. The molecule has 0 aliphatic heterocycles. The van der Waals surface area contributed by atoms with E-state index in [1.807, 2.05) is 0 Å². The standard InChI is InChI=1S/C14H10F5NO3S/c1-6-10(16)11(17)12(18)13(19)14(6)24(21,22)20-7-3-4-9(23-2)8(15)5-7/h3-5,20H,1-2H3. The molecule has 0 spiro atoms. The van der Waals surface area contributed by atoms with Crippen molar-refractivity contribution in [2.45, 2.75) is 11.8 Å². The molecule has 0 aliphatic rings. The molecule has 0 saturated heterocycles. The van der Waals surface area contributed by atoms with Gasteiger partial charge in [-0.25, -0.2) is 30.4 Å². The molecule has 0 saturated carbocycles. The van der Waals surface area contributed by atoms with Crippen LogP contribution in [0.25, 0.3) is 0 Å². The first-order valence-corrected chi connectivity index (χ1v) is 7.77. The fourth-order valence-corrected chi connectivity index (χ4v) is 3.33. The zero-order valence-corrected chi connectivity index (χ0v) is 13.1. The van der Waals surface area contributed by atoms with Gasteiger partial charge in [-0.1, -0.05) is 0 Å². The first kappa shape index (κ1) is 18.0. The van der Waals surface area contributed by atoms with Gasteiger partial charge in [-0.15, -0.1) is 0 Å². The van der Waals surface area contributed by atoms with Gasteiger partial charge in [0.05, 0.1) is 12.8 Å². The Morgan fingerprint density at radius 3 is 2.08 bits per heavy atom. The fourth-order valence-electron chi connectivity index (χ4n) is 1.98. The fraction of sp³-hybridized carbons (Fsp3) is 0.143. The van der Waals surface area contributed by atoms with Crippen molar-refractivity contribution in [3.05, 3.63) is 52.8 Å². The lowest BCUT2D eigenvalue weighted by Crippen LogP contribution is -2.19. The molecule has 4 nitrogen and oxygen atoms in total. The maximum atomic E-state index is 13.8.